The molecule has 16 heavy (non-hydrogen) atoms. The summed E-state index contributed by atoms with van der Waals surface area (Å²) in [6, 6.07) is 13.2. The lowest BCUT2D eigenvalue weighted by Crippen LogP contribution is -2.37. The SMILES string of the molecule is O=C(C[n+]1cccc(Br)c1)c1ccccc1. The van der Waals surface area contributed by atoms with Crippen LogP contribution in [0.5, 0.6) is 0 Å². The largest absolute Gasteiger partial charge is 0.287 e. The maximum Gasteiger partial charge on any atom is 0.227 e. The van der Waals surface area contributed by atoms with Gasteiger partial charge in [-0.15, -0.1) is 0 Å². The summed E-state index contributed by atoms with van der Waals surface area (Å²) < 4.78 is 2.83. The van der Waals surface area contributed by atoms with Crippen molar-refractivity contribution in [2.45, 2.75) is 6.54 Å². The number of rotatable bonds is 3. The zero-order valence-corrected chi connectivity index (χ0v) is 10.2. The Morgan fingerprint density at radius 2 is 1.88 bits per heavy atom. The van der Waals surface area contributed by atoms with Gasteiger partial charge in [-0.05, 0) is 22.0 Å². The Morgan fingerprint density at radius 1 is 1.12 bits per heavy atom. The highest BCUT2D eigenvalue weighted by Gasteiger charge is 2.11. The Bertz CT molecular complexity index is 496. The van der Waals surface area contributed by atoms with Gasteiger partial charge in [-0.3, -0.25) is 4.79 Å². The van der Waals surface area contributed by atoms with Gasteiger partial charge in [0.25, 0.3) is 0 Å². The lowest BCUT2D eigenvalue weighted by Gasteiger charge is -1.97. The molecule has 2 nitrogen and oxygen atoms in total. The molecule has 0 aliphatic heterocycles. The number of carbonyl (C=O) groups is 1. The molecule has 0 atom stereocenters. The van der Waals surface area contributed by atoms with Crippen molar-refractivity contribution in [2.24, 2.45) is 0 Å². The molecule has 3 heteroatoms. The van der Waals surface area contributed by atoms with Crippen molar-refractivity contribution >= 4 is 21.7 Å². The minimum absolute atomic E-state index is 0.115. The maximum atomic E-state index is 11.9. The second-order valence-electron chi connectivity index (χ2n) is 3.48. The highest BCUT2D eigenvalue weighted by molar-refractivity contribution is 9.10. The van der Waals surface area contributed by atoms with Gasteiger partial charge < -0.3 is 0 Å². The molecule has 1 aromatic carbocycles. The van der Waals surface area contributed by atoms with Gasteiger partial charge in [0, 0.05) is 11.6 Å². The third-order valence-electron chi connectivity index (χ3n) is 2.24. The van der Waals surface area contributed by atoms with E-state index >= 15 is 0 Å². The first-order valence-electron chi connectivity index (χ1n) is 4.98. The van der Waals surface area contributed by atoms with E-state index in [1.54, 1.807) is 0 Å². The average Bonchev–Trinajstić information content (AvgIpc) is 2.30. The van der Waals surface area contributed by atoms with E-state index in [1.165, 1.54) is 0 Å². The van der Waals surface area contributed by atoms with Gasteiger partial charge in [0.15, 0.2) is 12.4 Å². The van der Waals surface area contributed by atoms with Crippen LogP contribution in [0.1, 0.15) is 10.4 Å². The first kappa shape index (κ1) is 11.0. The van der Waals surface area contributed by atoms with Gasteiger partial charge >= 0.3 is 0 Å². The van der Waals surface area contributed by atoms with E-state index in [9.17, 15) is 4.79 Å². The van der Waals surface area contributed by atoms with Crippen molar-refractivity contribution in [2.75, 3.05) is 0 Å². The molecule has 0 N–H and O–H groups in total. The molecule has 0 aliphatic rings. The number of aromatic nitrogens is 1. The summed E-state index contributed by atoms with van der Waals surface area (Å²) in [5, 5.41) is 0. The first-order chi connectivity index (χ1) is 7.75. The summed E-state index contributed by atoms with van der Waals surface area (Å²) in [5.41, 5.74) is 0.745. The second kappa shape index (κ2) is 5.03. The van der Waals surface area contributed by atoms with Crippen molar-refractivity contribution in [3.63, 3.8) is 0 Å². The van der Waals surface area contributed by atoms with Gasteiger partial charge in [0.05, 0.1) is 4.47 Å². The highest BCUT2D eigenvalue weighted by Crippen LogP contribution is 2.04. The van der Waals surface area contributed by atoms with Crippen LogP contribution in [0.2, 0.25) is 0 Å². The van der Waals surface area contributed by atoms with Crippen LogP contribution in [0.15, 0.2) is 59.3 Å². The molecule has 0 amide bonds. The molecular formula is C13H11BrNO+. The molecule has 1 heterocycles. The summed E-state index contributed by atoms with van der Waals surface area (Å²) in [7, 11) is 0. The number of halogens is 1. The van der Waals surface area contributed by atoms with Crippen LogP contribution in [0, 0.1) is 0 Å². The predicted octanol–water partition coefficient (Wildman–Crippen LogP) is 2.62. The van der Waals surface area contributed by atoms with Crippen LogP contribution >= 0.6 is 15.9 Å². The smallest absolute Gasteiger partial charge is 0.227 e. The minimum atomic E-state index is 0.115. The molecule has 0 saturated heterocycles. The van der Waals surface area contributed by atoms with Gasteiger partial charge in [-0.25, -0.2) is 0 Å². The van der Waals surface area contributed by atoms with Crippen LogP contribution in [0.25, 0.3) is 0 Å². The number of carbonyl (C=O) groups excluding carboxylic acids is 1. The Hall–Kier alpha value is -1.48. The maximum absolute atomic E-state index is 11.9. The number of pyridine rings is 1. The first-order valence-corrected chi connectivity index (χ1v) is 5.78. The lowest BCUT2D eigenvalue weighted by molar-refractivity contribution is -0.683. The Kier molecular flexibility index (Phi) is 3.47. The van der Waals surface area contributed by atoms with E-state index in [0.717, 1.165) is 10.0 Å². The Balaban J connectivity index is 2.14. The van der Waals surface area contributed by atoms with Crippen LogP contribution in [-0.2, 0) is 6.54 Å². The monoisotopic (exact) mass is 276 g/mol. The molecule has 0 radical (unpaired) electrons. The van der Waals surface area contributed by atoms with E-state index < -0.39 is 0 Å². The summed E-state index contributed by atoms with van der Waals surface area (Å²) in [6.07, 6.45) is 3.77. The third kappa shape index (κ3) is 2.76. The molecule has 1 aromatic heterocycles. The highest BCUT2D eigenvalue weighted by atomic mass is 79.9. The lowest BCUT2D eigenvalue weighted by atomic mass is 10.1. The number of hydrogen-bond donors (Lipinski definition) is 0. The molecule has 80 valence electrons. The number of ketones is 1. The van der Waals surface area contributed by atoms with Crippen LogP contribution in [-0.4, -0.2) is 5.78 Å². The van der Waals surface area contributed by atoms with Crippen molar-refractivity contribution in [1.82, 2.24) is 0 Å². The molecule has 0 saturated carbocycles. The van der Waals surface area contributed by atoms with Crippen molar-refractivity contribution < 1.29 is 9.36 Å². The summed E-state index contributed by atoms with van der Waals surface area (Å²) in [6.45, 7) is 0.365. The van der Waals surface area contributed by atoms with Gasteiger partial charge in [0.2, 0.25) is 12.3 Å². The summed E-state index contributed by atoms with van der Waals surface area (Å²) in [5.74, 6) is 0.115. The van der Waals surface area contributed by atoms with Crippen molar-refractivity contribution in [3.8, 4) is 0 Å². The van der Waals surface area contributed by atoms with Crippen LogP contribution < -0.4 is 4.57 Å². The summed E-state index contributed by atoms with van der Waals surface area (Å²) in [4.78, 5) is 11.9. The van der Waals surface area contributed by atoms with E-state index in [1.807, 2.05) is 59.4 Å². The van der Waals surface area contributed by atoms with Crippen molar-refractivity contribution in [1.29, 1.82) is 0 Å². The van der Waals surface area contributed by atoms with Crippen LogP contribution in [0.3, 0.4) is 0 Å². The van der Waals surface area contributed by atoms with Gasteiger partial charge in [-0.2, -0.15) is 4.57 Å². The number of benzene rings is 1. The van der Waals surface area contributed by atoms with Gasteiger partial charge in [0.1, 0.15) is 0 Å². The minimum Gasteiger partial charge on any atom is -0.287 e. The molecule has 0 bridgehead atoms. The quantitative estimate of drug-likeness (QED) is 0.624. The zero-order valence-electron chi connectivity index (χ0n) is 8.64. The molecule has 0 aliphatic carbocycles. The number of nitrogens with zero attached hydrogens (tertiary/aromatic N) is 1. The fraction of sp³-hybridized carbons (Fsp3) is 0.0769. The third-order valence-corrected chi connectivity index (χ3v) is 2.71. The zero-order chi connectivity index (χ0) is 11.4. The second-order valence-corrected chi connectivity index (χ2v) is 4.40. The van der Waals surface area contributed by atoms with E-state index in [2.05, 4.69) is 15.9 Å². The van der Waals surface area contributed by atoms with E-state index in [4.69, 9.17) is 0 Å². The number of Topliss-reactive ketones (excluding diaryl/α,β-unsaturated/α-hetero) is 1. The Labute approximate surface area is 103 Å². The fourth-order valence-corrected chi connectivity index (χ4v) is 1.89. The molecular weight excluding hydrogens is 266 g/mol. The molecule has 0 fully saturated rings. The normalized spacial score (nSPS) is 10.1. The predicted molar refractivity (Wildman–Crippen MR) is 65.1 cm³/mol. The van der Waals surface area contributed by atoms with Gasteiger partial charge in [-0.1, -0.05) is 30.3 Å². The van der Waals surface area contributed by atoms with Crippen LogP contribution in [0.4, 0.5) is 0 Å². The molecule has 2 rings (SSSR count). The fourth-order valence-electron chi connectivity index (χ4n) is 1.47. The molecule has 0 spiro atoms. The van der Waals surface area contributed by atoms with E-state index in [-0.39, 0.29) is 5.78 Å². The summed E-state index contributed by atoms with van der Waals surface area (Å²) >= 11 is 3.38. The standard InChI is InChI=1S/C13H11BrNO/c14-12-7-4-8-15(9-12)10-13(16)11-5-2-1-3-6-11/h1-9H,10H2/q+1. The average molecular weight is 277 g/mol. The molecule has 2 aromatic rings. The van der Waals surface area contributed by atoms with E-state index in [0.29, 0.717) is 6.54 Å². The molecule has 0 unspecified atom stereocenters. The van der Waals surface area contributed by atoms with Crippen molar-refractivity contribution in [3.05, 3.63) is 64.9 Å². The number of hydrogen-bond acceptors (Lipinski definition) is 1. The Morgan fingerprint density at radius 3 is 2.56 bits per heavy atom. The topological polar surface area (TPSA) is 20.9 Å².